The third-order valence-electron chi connectivity index (χ3n) is 6.06. The summed E-state index contributed by atoms with van der Waals surface area (Å²) in [6.45, 7) is 3.22. The predicted octanol–water partition coefficient (Wildman–Crippen LogP) is 6.64. The van der Waals surface area contributed by atoms with E-state index in [-0.39, 0.29) is 23.4 Å². The molecule has 39 heavy (non-hydrogen) atoms. The van der Waals surface area contributed by atoms with Crippen molar-refractivity contribution >= 4 is 34.3 Å². The van der Waals surface area contributed by atoms with Crippen molar-refractivity contribution in [1.82, 2.24) is 4.57 Å². The van der Waals surface area contributed by atoms with Gasteiger partial charge in [-0.2, -0.15) is 0 Å². The number of benzene rings is 3. The van der Waals surface area contributed by atoms with Gasteiger partial charge in [-0.1, -0.05) is 23.7 Å². The second-order valence-electron chi connectivity index (χ2n) is 8.69. The molecule has 11 heteroatoms. The molecule has 0 saturated heterocycles. The average Bonchev–Trinajstić information content (AvgIpc) is 3.13. The fraction of sp³-hybridized carbons (Fsp3) is 0.214. The highest BCUT2D eigenvalue weighted by Crippen LogP contribution is 2.35. The Kier molecular flexibility index (Phi) is 7.78. The summed E-state index contributed by atoms with van der Waals surface area (Å²) in [6.07, 6.45) is -5.99. The Bertz CT molecular complexity index is 1560. The number of ether oxygens (including phenoxy) is 3. The van der Waals surface area contributed by atoms with Crippen molar-refractivity contribution < 1.29 is 42.1 Å². The first kappa shape index (κ1) is 27.8. The molecule has 0 aliphatic heterocycles. The average molecular weight is 562 g/mol. The van der Waals surface area contributed by atoms with Crippen LogP contribution in [0.2, 0.25) is 5.02 Å². The minimum atomic E-state index is -4.90. The first-order valence-corrected chi connectivity index (χ1v) is 12.0. The number of ketones is 1. The number of nitrogens with zero attached hydrogens (tertiary/aromatic N) is 1. The Morgan fingerprint density at radius 2 is 1.79 bits per heavy atom. The molecular weight excluding hydrogens is 539 g/mol. The normalized spacial score (nSPS) is 12.3. The van der Waals surface area contributed by atoms with Crippen LogP contribution in [-0.2, 0) is 11.3 Å². The van der Waals surface area contributed by atoms with Crippen molar-refractivity contribution in [2.75, 3.05) is 7.11 Å². The summed E-state index contributed by atoms with van der Waals surface area (Å²) in [5, 5.41) is 9.93. The van der Waals surface area contributed by atoms with E-state index in [0.29, 0.717) is 32.9 Å². The zero-order valence-corrected chi connectivity index (χ0v) is 21.8. The van der Waals surface area contributed by atoms with Crippen molar-refractivity contribution in [3.63, 3.8) is 0 Å². The molecule has 3 aromatic carbocycles. The molecule has 1 atom stereocenters. The molecule has 7 nitrogen and oxygen atoms in total. The minimum Gasteiger partial charge on any atom is -0.496 e. The Balaban J connectivity index is 1.85. The first-order chi connectivity index (χ1) is 18.4. The summed E-state index contributed by atoms with van der Waals surface area (Å²) in [6, 6.07) is 15.0. The van der Waals surface area contributed by atoms with E-state index < -0.39 is 30.0 Å². The van der Waals surface area contributed by atoms with E-state index in [9.17, 15) is 22.8 Å². The molecule has 1 N–H and O–H groups in total. The number of rotatable bonds is 9. The summed E-state index contributed by atoms with van der Waals surface area (Å²) in [7, 11) is 1.40. The summed E-state index contributed by atoms with van der Waals surface area (Å²) < 4.78 is 55.6. The Labute approximate surface area is 226 Å². The van der Waals surface area contributed by atoms with Gasteiger partial charge in [-0.3, -0.25) is 4.79 Å². The minimum absolute atomic E-state index is 0.140. The van der Waals surface area contributed by atoms with Gasteiger partial charge in [0.2, 0.25) is 0 Å². The first-order valence-electron chi connectivity index (χ1n) is 11.6. The van der Waals surface area contributed by atoms with Crippen LogP contribution in [0.3, 0.4) is 0 Å². The van der Waals surface area contributed by atoms with E-state index in [1.807, 2.05) is 0 Å². The molecule has 0 bridgehead atoms. The van der Waals surface area contributed by atoms with E-state index >= 15 is 0 Å². The molecule has 4 rings (SSSR count). The maximum atomic E-state index is 13.8. The van der Waals surface area contributed by atoms with Gasteiger partial charge in [-0.05, 0) is 61.9 Å². The van der Waals surface area contributed by atoms with Crippen LogP contribution >= 0.6 is 11.6 Å². The Morgan fingerprint density at radius 1 is 1.05 bits per heavy atom. The number of hydrogen-bond donors (Lipinski definition) is 1. The van der Waals surface area contributed by atoms with Crippen LogP contribution in [-0.4, -0.2) is 41.0 Å². The maximum absolute atomic E-state index is 13.8. The number of alkyl halides is 3. The number of fused-ring (bicyclic) bond motifs is 1. The standard InChI is InChI=1S/C28H23ClF3NO6/c1-15-25(26(34)22-9-7-18(29)12-24(22)37-3)21-10-8-20(39-28(30,31)32)13-23(21)33(15)14-17-5-4-6-19(11-17)38-16(2)27(35)36/h4-13,16H,14H2,1-3H3,(H,35,36). The number of carbonyl (C=O) groups excluding carboxylic acids is 1. The van der Waals surface area contributed by atoms with Gasteiger partial charge >= 0.3 is 12.3 Å². The zero-order chi connectivity index (χ0) is 28.5. The van der Waals surface area contributed by atoms with Crippen LogP contribution in [0.25, 0.3) is 10.9 Å². The summed E-state index contributed by atoms with van der Waals surface area (Å²) in [4.78, 5) is 24.9. The van der Waals surface area contributed by atoms with Crippen LogP contribution in [0.5, 0.6) is 17.2 Å². The van der Waals surface area contributed by atoms with E-state index in [0.717, 1.165) is 6.07 Å². The molecule has 4 aromatic rings. The number of carboxylic acids is 1. The Morgan fingerprint density at radius 3 is 2.46 bits per heavy atom. The Hall–Kier alpha value is -4.18. The zero-order valence-electron chi connectivity index (χ0n) is 21.0. The summed E-state index contributed by atoms with van der Waals surface area (Å²) in [5.41, 5.74) is 1.99. The van der Waals surface area contributed by atoms with Gasteiger partial charge in [0, 0.05) is 28.7 Å². The number of aliphatic carboxylic acids is 1. The maximum Gasteiger partial charge on any atom is 0.573 e. The molecule has 0 amide bonds. The highest BCUT2D eigenvalue weighted by Gasteiger charge is 2.32. The fourth-order valence-electron chi connectivity index (χ4n) is 4.29. The molecule has 0 fully saturated rings. The molecule has 1 aromatic heterocycles. The molecule has 0 aliphatic carbocycles. The van der Waals surface area contributed by atoms with Gasteiger partial charge in [0.1, 0.15) is 17.2 Å². The summed E-state index contributed by atoms with van der Waals surface area (Å²) in [5.74, 6) is -1.42. The predicted molar refractivity (Wildman–Crippen MR) is 138 cm³/mol. The van der Waals surface area contributed by atoms with E-state index in [4.69, 9.17) is 26.2 Å². The lowest BCUT2D eigenvalue weighted by Gasteiger charge is -2.14. The SMILES string of the molecule is COc1cc(Cl)ccc1C(=O)c1c(C)n(Cc2cccc(OC(C)C(=O)O)c2)c2cc(OC(F)(F)F)ccc12. The van der Waals surface area contributed by atoms with Crippen LogP contribution in [0.15, 0.2) is 60.7 Å². The van der Waals surface area contributed by atoms with Gasteiger partial charge in [0.05, 0.1) is 23.8 Å². The fourth-order valence-corrected chi connectivity index (χ4v) is 4.45. The quantitative estimate of drug-likeness (QED) is 0.230. The van der Waals surface area contributed by atoms with Crippen molar-refractivity contribution in [3.8, 4) is 17.2 Å². The van der Waals surface area contributed by atoms with Crippen LogP contribution in [0.4, 0.5) is 13.2 Å². The molecule has 1 heterocycles. The number of methoxy groups -OCH3 is 1. The van der Waals surface area contributed by atoms with Gasteiger partial charge in [-0.15, -0.1) is 13.2 Å². The number of aromatic nitrogens is 1. The van der Waals surface area contributed by atoms with Crippen LogP contribution in [0.1, 0.15) is 34.1 Å². The lowest BCUT2D eigenvalue weighted by atomic mass is 9.99. The topological polar surface area (TPSA) is 87.0 Å². The van der Waals surface area contributed by atoms with E-state index in [1.54, 1.807) is 41.8 Å². The van der Waals surface area contributed by atoms with Crippen molar-refractivity contribution in [2.24, 2.45) is 0 Å². The summed E-state index contributed by atoms with van der Waals surface area (Å²) >= 11 is 6.05. The number of carbonyl (C=O) groups is 2. The lowest BCUT2D eigenvalue weighted by Crippen LogP contribution is -2.22. The molecule has 0 spiro atoms. The number of halogens is 4. The number of carboxylic acid groups (broad SMARTS) is 1. The number of hydrogen-bond acceptors (Lipinski definition) is 5. The molecule has 0 aliphatic rings. The molecule has 0 saturated carbocycles. The van der Waals surface area contributed by atoms with Crippen molar-refractivity contribution in [3.05, 3.63) is 88.1 Å². The van der Waals surface area contributed by atoms with Crippen LogP contribution < -0.4 is 14.2 Å². The third-order valence-corrected chi connectivity index (χ3v) is 6.30. The van der Waals surface area contributed by atoms with Gasteiger partial charge in [-0.25, -0.2) is 4.79 Å². The largest absolute Gasteiger partial charge is 0.573 e. The third kappa shape index (κ3) is 6.12. The van der Waals surface area contributed by atoms with E-state index in [2.05, 4.69) is 4.74 Å². The highest BCUT2D eigenvalue weighted by atomic mass is 35.5. The monoisotopic (exact) mass is 561 g/mol. The molecular formula is C28H23ClF3NO6. The smallest absolute Gasteiger partial charge is 0.496 e. The van der Waals surface area contributed by atoms with Gasteiger partial charge < -0.3 is 23.9 Å². The van der Waals surface area contributed by atoms with Gasteiger partial charge in [0.15, 0.2) is 11.9 Å². The molecule has 204 valence electrons. The van der Waals surface area contributed by atoms with Crippen LogP contribution in [0, 0.1) is 6.92 Å². The van der Waals surface area contributed by atoms with Crippen molar-refractivity contribution in [1.29, 1.82) is 0 Å². The highest BCUT2D eigenvalue weighted by molar-refractivity contribution is 6.31. The lowest BCUT2D eigenvalue weighted by molar-refractivity contribution is -0.274. The molecule has 1 unspecified atom stereocenters. The van der Waals surface area contributed by atoms with E-state index in [1.165, 1.54) is 38.3 Å². The van der Waals surface area contributed by atoms with Crippen molar-refractivity contribution in [2.45, 2.75) is 32.9 Å². The molecule has 0 radical (unpaired) electrons. The van der Waals surface area contributed by atoms with Gasteiger partial charge in [0.25, 0.3) is 0 Å². The second kappa shape index (κ2) is 10.9. The second-order valence-corrected chi connectivity index (χ2v) is 9.13.